The van der Waals surface area contributed by atoms with E-state index in [0.717, 1.165) is 11.3 Å². The summed E-state index contributed by atoms with van der Waals surface area (Å²) in [5.74, 6) is -3.17. The first kappa shape index (κ1) is 57.6. The lowest BCUT2D eigenvalue weighted by Gasteiger charge is -2.51. The number of nitro benzene ring substituents is 1. The van der Waals surface area contributed by atoms with E-state index >= 15 is 0 Å². The number of methoxy groups -OCH3 is 1. The Bertz CT molecular complexity index is 1980. The van der Waals surface area contributed by atoms with Crippen LogP contribution in [-0.2, 0) is 48.0 Å². The molecule has 4 heterocycles. The van der Waals surface area contributed by atoms with E-state index in [1.807, 2.05) is 46.0 Å². The number of nitro groups is 1. The predicted molar refractivity (Wildman–Crippen MR) is 260 cm³/mol. The predicted octanol–water partition coefficient (Wildman–Crippen LogP) is 3.08. The molecular formula is C50H85N7O13. The van der Waals surface area contributed by atoms with Crippen LogP contribution in [0.1, 0.15) is 106 Å². The number of carbonyl (C=O) groups is 1. The largest absolute Gasteiger partial charge is 0.459 e. The molecule has 6 N–H and O–H groups in total. The Hall–Kier alpha value is -3.25. The number of cyclic esters (lactones) is 1. The quantitative estimate of drug-likeness (QED) is 0.0649. The van der Waals surface area contributed by atoms with Crippen LogP contribution in [0.2, 0.25) is 0 Å². The van der Waals surface area contributed by atoms with Gasteiger partial charge in [0, 0.05) is 82.5 Å². The first-order valence-electron chi connectivity index (χ1n) is 25.2. The molecule has 70 heavy (non-hydrogen) atoms. The van der Waals surface area contributed by atoms with Gasteiger partial charge >= 0.3 is 5.97 Å². The molecule has 0 aliphatic carbocycles. The zero-order valence-corrected chi connectivity index (χ0v) is 43.8. The monoisotopic (exact) mass is 992 g/mol. The number of non-ortho nitro benzene ring substituents is 1. The summed E-state index contributed by atoms with van der Waals surface area (Å²) in [5, 5.41) is 83.0. The van der Waals surface area contributed by atoms with Crippen LogP contribution >= 0.6 is 0 Å². The highest BCUT2D eigenvalue weighted by atomic mass is 16.7. The summed E-state index contributed by atoms with van der Waals surface area (Å²) in [6.07, 6.45) is -4.99. The second-order valence-electron chi connectivity index (χ2n) is 21.6. The van der Waals surface area contributed by atoms with Gasteiger partial charge < -0.3 is 64.3 Å². The van der Waals surface area contributed by atoms with Crippen molar-refractivity contribution in [3.8, 4) is 0 Å². The molecule has 2 aromatic rings. The van der Waals surface area contributed by atoms with Gasteiger partial charge in [-0.15, -0.1) is 5.10 Å². The minimum atomic E-state index is -1.82. The van der Waals surface area contributed by atoms with Gasteiger partial charge in [-0.05, 0) is 92.3 Å². The second-order valence-corrected chi connectivity index (χ2v) is 21.6. The minimum Gasteiger partial charge on any atom is -0.459 e. The summed E-state index contributed by atoms with van der Waals surface area (Å²) in [5.41, 5.74) is -2.72. The summed E-state index contributed by atoms with van der Waals surface area (Å²) in [7, 11) is 5.30. The molecule has 0 bridgehead atoms. The van der Waals surface area contributed by atoms with Crippen LogP contribution in [-0.4, -0.2) is 186 Å². The van der Waals surface area contributed by atoms with Crippen molar-refractivity contribution in [1.82, 2.24) is 30.1 Å². The molecule has 0 saturated carbocycles. The third-order valence-corrected chi connectivity index (χ3v) is 15.8. The standard InChI is InChI=1S/C50H85N7O13/c1-14-40-50(10,63)43(59)33(6)55(12)27-29(2)24-48(8,62)45(31(4)41(32(5)46(61)69-40)39-25-49(9,66-13)44(60)34(7)68-39)70-47-42(58)38(23-30(3)67-47)54(11)21-19-36-28-56(53-52-36)22-20-51-26-35-15-17-37(18-16-35)57(64)65/h15-18,28-34,38-45,47,51,58-60,62-63H,14,19-27H2,1-13H3/t29-,30-,31+,32-,33-,34+,38+,39?,40-,41+,42-,43-,44+,45-,47+,48-,49-,50-/m1/s1. The Balaban J connectivity index is 1.39. The third kappa shape index (κ3) is 13.7. The maximum Gasteiger partial charge on any atom is 0.309 e. The number of benzene rings is 1. The van der Waals surface area contributed by atoms with Crippen LogP contribution in [0.4, 0.5) is 5.69 Å². The van der Waals surface area contributed by atoms with Gasteiger partial charge in [-0.3, -0.25) is 19.6 Å². The van der Waals surface area contributed by atoms with E-state index in [4.69, 9.17) is 23.7 Å². The Morgan fingerprint density at radius 3 is 2.31 bits per heavy atom. The molecule has 1 unspecified atom stereocenters. The number of nitrogens with one attached hydrogen (secondary N) is 1. The molecular weight excluding hydrogens is 907 g/mol. The number of aromatic nitrogens is 3. The number of hydrogen-bond acceptors (Lipinski definition) is 18. The molecule has 18 atom stereocenters. The lowest BCUT2D eigenvalue weighted by atomic mass is 9.68. The van der Waals surface area contributed by atoms with Crippen LogP contribution in [0.15, 0.2) is 30.5 Å². The molecule has 3 aliphatic rings. The number of likely N-dealkylation sites (N-methyl/N-ethyl adjacent to an activating group) is 2. The molecule has 398 valence electrons. The van der Waals surface area contributed by atoms with E-state index in [0.29, 0.717) is 45.6 Å². The molecule has 1 aromatic heterocycles. The first-order chi connectivity index (χ1) is 32.7. The molecule has 5 rings (SSSR count). The molecule has 20 heteroatoms. The fourth-order valence-electron chi connectivity index (χ4n) is 11.4. The molecule has 20 nitrogen and oxygen atoms in total. The number of aliphatic hydroxyl groups is 5. The number of aliphatic hydroxyl groups excluding tert-OH is 3. The van der Waals surface area contributed by atoms with E-state index in [9.17, 15) is 40.4 Å². The highest BCUT2D eigenvalue weighted by Gasteiger charge is 2.55. The lowest BCUT2D eigenvalue weighted by molar-refractivity contribution is -0.384. The number of carbonyl (C=O) groups excluding carboxylic acids is 1. The topological polar surface area (TPSA) is 257 Å². The van der Waals surface area contributed by atoms with E-state index in [1.165, 1.54) is 26.2 Å². The molecule has 0 spiro atoms. The van der Waals surface area contributed by atoms with E-state index in [1.54, 1.807) is 58.4 Å². The van der Waals surface area contributed by atoms with Crippen molar-refractivity contribution < 1.29 is 58.9 Å². The average molecular weight is 992 g/mol. The Morgan fingerprint density at radius 2 is 1.69 bits per heavy atom. The Kier molecular flexibility index (Phi) is 19.9. The van der Waals surface area contributed by atoms with Crippen LogP contribution < -0.4 is 5.32 Å². The van der Waals surface area contributed by atoms with Crippen molar-refractivity contribution in [1.29, 1.82) is 0 Å². The Labute approximate surface area is 414 Å². The molecule has 3 fully saturated rings. The maximum absolute atomic E-state index is 14.6. The van der Waals surface area contributed by atoms with Crippen LogP contribution in [0.5, 0.6) is 0 Å². The van der Waals surface area contributed by atoms with Gasteiger partial charge in [0.15, 0.2) is 6.29 Å². The highest BCUT2D eigenvalue weighted by molar-refractivity contribution is 5.73. The van der Waals surface area contributed by atoms with Crippen LogP contribution in [0, 0.1) is 33.8 Å². The van der Waals surface area contributed by atoms with Crippen molar-refractivity contribution in [3.05, 3.63) is 51.8 Å². The van der Waals surface area contributed by atoms with Crippen molar-refractivity contribution in [3.63, 3.8) is 0 Å². The number of rotatable bonds is 15. The third-order valence-electron chi connectivity index (χ3n) is 15.8. The van der Waals surface area contributed by atoms with Crippen molar-refractivity contribution in [2.45, 2.75) is 198 Å². The fourth-order valence-corrected chi connectivity index (χ4v) is 11.4. The van der Waals surface area contributed by atoms with Gasteiger partial charge in [0.05, 0.1) is 58.7 Å². The first-order valence-corrected chi connectivity index (χ1v) is 25.2. The molecule has 1 aromatic carbocycles. The Morgan fingerprint density at radius 1 is 1.01 bits per heavy atom. The molecule has 0 amide bonds. The van der Waals surface area contributed by atoms with E-state index in [2.05, 4.69) is 20.5 Å². The summed E-state index contributed by atoms with van der Waals surface area (Å²) in [4.78, 5) is 29.1. The second kappa shape index (κ2) is 24.2. The number of hydrogen-bond donors (Lipinski definition) is 6. The van der Waals surface area contributed by atoms with Gasteiger partial charge in [0.2, 0.25) is 0 Å². The average Bonchev–Trinajstić information content (AvgIpc) is 3.76. The number of nitrogens with zero attached hydrogens (tertiary/aromatic N) is 6. The summed E-state index contributed by atoms with van der Waals surface area (Å²) in [6, 6.07) is 5.45. The van der Waals surface area contributed by atoms with E-state index in [-0.39, 0.29) is 37.0 Å². The zero-order valence-electron chi connectivity index (χ0n) is 43.8. The zero-order chi connectivity index (χ0) is 52.0. The number of esters is 1. The fraction of sp³-hybridized carbons (Fsp3) is 0.820. The van der Waals surface area contributed by atoms with Crippen molar-refractivity contribution in [2.24, 2.45) is 23.7 Å². The normalized spacial score (nSPS) is 39.8. The smallest absolute Gasteiger partial charge is 0.309 e. The van der Waals surface area contributed by atoms with Gasteiger partial charge in [-0.2, -0.15) is 0 Å². The highest BCUT2D eigenvalue weighted by Crippen LogP contribution is 2.45. The van der Waals surface area contributed by atoms with Gasteiger partial charge in [0.25, 0.3) is 5.69 Å². The van der Waals surface area contributed by atoms with Gasteiger partial charge in [0.1, 0.15) is 30.0 Å². The SMILES string of the molecule is CC[C@H]1OC(=O)[C@H](C)[C@@H](C2C[C@@](C)(OC)[C@@H](O)[C@H](C)O2)[C@H](C)[C@@H](O[C@@H]2O[C@H](C)C[C@H](N(C)CCc3cn(CCNCc4ccc([N+](=O)[O-])cc4)nn3)[C@H]2O)[C@](C)(O)C[C@@H](C)CN(C)[C@H](C)[C@@H](O)[C@]1(C)O. The molecule has 3 aliphatic heterocycles. The molecule has 0 radical (unpaired) electrons. The van der Waals surface area contributed by atoms with Crippen molar-refractivity contribution in [2.75, 3.05) is 40.8 Å². The van der Waals surface area contributed by atoms with Gasteiger partial charge in [-0.25, -0.2) is 0 Å². The minimum absolute atomic E-state index is 0.0496. The van der Waals surface area contributed by atoms with E-state index < -0.39 is 107 Å². The van der Waals surface area contributed by atoms with Gasteiger partial charge in [-0.1, -0.05) is 45.0 Å². The van der Waals surface area contributed by atoms with Crippen LogP contribution in [0.3, 0.4) is 0 Å². The maximum atomic E-state index is 14.6. The molecule has 3 saturated heterocycles. The van der Waals surface area contributed by atoms with Crippen LogP contribution in [0.25, 0.3) is 0 Å². The summed E-state index contributed by atoms with van der Waals surface area (Å²) >= 11 is 0. The summed E-state index contributed by atoms with van der Waals surface area (Å²) in [6.45, 7) is 20.6. The number of ether oxygens (including phenoxy) is 5. The van der Waals surface area contributed by atoms with Crippen molar-refractivity contribution >= 4 is 11.7 Å². The summed E-state index contributed by atoms with van der Waals surface area (Å²) < 4.78 is 33.9. The lowest BCUT2D eigenvalue weighted by Crippen LogP contribution is -2.62.